The molecule has 8 nitrogen and oxygen atoms in total. The van der Waals surface area contributed by atoms with Gasteiger partial charge in [0.2, 0.25) is 5.91 Å². The van der Waals surface area contributed by atoms with Crippen molar-refractivity contribution in [3.63, 3.8) is 0 Å². The van der Waals surface area contributed by atoms with E-state index in [-0.39, 0.29) is 23.1 Å². The number of hydrogen-bond donors (Lipinski definition) is 1. The lowest BCUT2D eigenvalue weighted by atomic mass is 10.1. The van der Waals surface area contributed by atoms with Crippen molar-refractivity contribution in [1.82, 2.24) is 3.97 Å². The number of halogens is 1. The minimum absolute atomic E-state index is 0.0675. The van der Waals surface area contributed by atoms with Gasteiger partial charge >= 0.3 is 5.97 Å². The monoisotopic (exact) mass is 490 g/mol. The van der Waals surface area contributed by atoms with E-state index in [9.17, 15) is 23.1 Å². The molecule has 4 rings (SSSR count). The van der Waals surface area contributed by atoms with Gasteiger partial charge in [0.15, 0.2) is 5.60 Å². The molecule has 1 aromatic heterocycles. The summed E-state index contributed by atoms with van der Waals surface area (Å²) in [6, 6.07) is 11.2. The molecule has 0 spiro atoms. The number of fused-ring (bicyclic) bond motifs is 2. The molecular weight excluding hydrogens is 468 g/mol. The molecule has 1 aliphatic heterocycles. The average Bonchev–Trinajstić information content (AvgIpc) is 3.32. The molecule has 2 aromatic carbocycles. The van der Waals surface area contributed by atoms with E-state index >= 15 is 0 Å². The zero-order valence-electron chi connectivity index (χ0n) is 18.3. The van der Waals surface area contributed by atoms with Gasteiger partial charge in [-0.15, -0.1) is 0 Å². The van der Waals surface area contributed by atoms with Crippen molar-refractivity contribution in [1.29, 1.82) is 0 Å². The zero-order valence-corrected chi connectivity index (χ0v) is 19.9. The van der Waals surface area contributed by atoms with Crippen LogP contribution in [0.4, 0.5) is 5.69 Å². The molecule has 0 saturated heterocycles. The van der Waals surface area contributed by atoms with Crippen molar-refractivity contribution in [2.24, 2.45) is 0 Å². The highest BCUT2D eigenvalue weighted by Gasteiger charge is 2.31. The molecular formula is C23H23ClN2O6S. The van der Waals surface area contributed by atoms with Crippen LogP contribution in [-0.4, -0.2) is 41.5 Å². The number of carboxylic acids is 1. The first-order valence-electron chi connectivity index (χ1n) is 10.3. The number of amides is 1. The van der Waals surface area contributed by atoms with Crippen molar-refractivity contribution >= 4 is 50.1 Å². The fourth-order valence-electron chi connectivity index (χ4n) is 3.89. The summed E-state index contributed by atoms with van der Waals surface area (Å²) in [4.78, 5) is 25.0. The van der Waals surface area contributed by atoms with E-state index in [0.29, 0.717) is 34.6 Å². The maximum Gasteiger partial charge on any atom is 0.335 e. The average molecular weight is 491 g/mol. The van der Waals surface area contributed by atoms with Crippen LogP contribution < -0.4 is 4.90 Å². The van der Waals surface area contributed by atoms with Crippen LogP contribution in [0.2, 0.25) is 5.02 Å². The lowest BCUT2D eigenvalue weighted by Crippen LogP contribution is -2.34. The van der Waals surface area contributed by atoms with Crippen molar-refractivity contribution in [2.45, 2.75) is 44.3 Å². The number of aromatic nitrogens is 1. The molecule has 33 heavy (non-hydrogen) atoms. The molecule has 10 heteroatoms. The normalized spacial score (nSPS) is 14.0. The van der Waals surface area contributed by atoms with Gasteiger partial charge in [0.05, 0.1) is 22.7 Å². The molecule has 0 aliphatic carbocycles. The summed E-state index contributed by atoms with van der Waals surface area (Å²) in [5.41, 5.74) is 0.643. The number of anilines is 1. The van der Waals surface area contributed by atoms with Crippen LogP contribution in [0.25, 0.3) is 10.9 Å². The van der Waals surface area contributed by atoms with E-state index in [1.807, 2.05) is 0 Å². The summed E-state index contributed by atoms with van der Waals surface area (Å²) in [5, 5.41) is 10.4. The minimum atomic E-state index is -4.07. The second kappa shape index (κ2) is 8.16. The standard InChI is InChI=1S/C23H23ClN2O6S/c1-14(27)25-9-8-15-12-19(5-7-20(15)25)33(30,31)26-18(13-32-23(2,3)22(28)29)11-16-10-17(24)4-6-21(16)26/h4-7,10-12H,8-9,13H2,1-3H3,(H,28,29). The van der Waals surface area contributed by atoms with Crippen LogP contribution in [0.15, 0.2) is 47.4 Å². The van der Waals surface area contributed by atoms with E-state index in [2.05, 4.69) is 0 Å². The van der Waals surface area contributed by atoms with Crippen LogP contribution in [-0.2, 0) is 37.4 Å². The lowest BCUT2D eigenvalue weighted by Gasteiger charge is -2.21. The maximum atomic E-state index is 13.8. The number of hydrogen-bond acceptors (Lipinski definition) is 5. The number of rotatable bonds is 6. The van der Waals surface area contributed by atoms with Crippen LogP contribution >= 0.6 is 11.6 Å². The summed E-state index contributed by atoms with van der Waals surface area (Å²) >= 11 is 6.11. The van der Waals surface area contributed by atoms with Gasteiger partial charge in [0.1, 0.15) is 0 Å². The van der Waals surface area contributed by atoms with Crippen molar-refractivity contribution in [2.75, 3.05) is 11.4 Å². The first-order chi connectivity index (χ1) is 15.4. The topological polar surface area (TPSA) is 106 Å². The quantitative estimate of drug-likeness (QED) is 0.563. The molecule has 174 valence electrons. The number of carbonyl (C=O) groups is 2. The second-order valence-corrected chi connectivity index (χ2v) is 10.6. The molecule has 0 saturated carbocycles. The Hall–Kier alpha value is -2.88. The SMILES string of the molecule is CC(=O)N1CCc2cc(S(=O)(=O)n3c(COC(C)(C)C(=O)O)cc4cc(Cl)ccc43)ccc21. The smallest absolute Gasteiger partial charge is 0.335 e. The number of aliphatic carboxylic acids is 1. The minimum Gasteiger partial charge on any atom is -0.479 e. The third kappa shape index (κ3) is 4.12. The molecule has 1 N–H and O–H groups in total. The summed E-state index contributed by atoms with van der Waals surface area (Å²) < 4.78 is 34.3. The number of carboxylic acid groups (broad SMARTS) is 1. The Morgan fingerprint density at radius 1 is 1.15 bits per heavy atom. The number of carbonyl (C=O) groups excluding carboxylic acids is 1. The number of nitrogens with zero attached hydrogens (tertiary/aromatic N) is 2. The van der Waals surface area contributed by atoms with E-state index in [0.717, 1.165) is 9.54 Å². The third-order valence-electron chi connectivity index (χ3n) is 5.75. The van der Waals surface area contributed by atoms with E-state index in [4.69, 9.17) is 16.3 Å². The van der Waals surface area contributed by atoms with Gasteiger partial charge in [-0.05, 0) is 68.3 Å². The predicted molar refractivity (Wildman–Crippen MR) is 124 cm³/mol. The summed E-state index contributed by atoms with van der Waals surface area (Å²) in [7, 11) is -4.07. The Morgan fingerprint density at radius 3 is 2.55 bits per heavy atom. The fourth-order valence-corrected chi connectivity index (χ4v) is 5.65. The van der Waals surface area contributed by atoms with E-state index < -0.39 is 21.6 Å². The van der Waals surface area contributed by atoms with Gasteiger partial charge in [-0.25, -0.2) is 17.2 Å². The van der Waals surface area contributed by atoms with Crippen molar-refractivity contribution in [3.05, 3.63) is 58.7 Å². The largest absolute Gasteiger partial charge is 0.479 e. The Balaban J connectivity index is 1.82. The first kappa shape index (κ1) is 23.3. The predicted octanol–water partition coefficient (Wildman–Crippen LogP) is 3.82. The third-order valence-corrected chi connectivity index (χ3v) is 7.75. The lowest BCUT2D eigenvalue weighted by molar-refractivity contribution is -0.162. The van der Waals surface area contributed by atoms with Crippen LogP contribution in [0.5, 0.6) is 0 Å². The highest BCUT2D eigenvalue weighted by atomic mass is 35.5. The Morgan fingerprint density at radius 2 is 1.88 bits per heavy atom. The molecule has 0 fully saturated rings. The van der Waals surface area contributed by atoms with Gasteiger partial charge < -0.3 is 14.7 Å². The highest BCUT2D eigenvalue weighted by Crippen LogP contribution is 2.33. The molecule has 0 atom stereocenters. The summed E-state index contributed by atoms with van der Waals surface area (Å²) in [5.74, 6) is -1.26. The Bertz CT molecular complexity index is 1390. The van der Waals surface area contributed by atoms with Gasteiger partial charge in [0.25, 0.3) is 10.0 Å². The van der Waals surface area contributed by atoms with Crippen LogP contribution in [0, 0.1) is 0 Å². The summed E-state index contributed by atoms with van der Waals surface area (Å²) in [6.07, 6.45) is 0.559. The molecule has 3 aromatic rings. The molecule has 1 aliphatic rings. The van der Waals surface area contributed by atoms with Crippen molar-refractivity contribution in [3.8, 4) is 0 Å². The molecule has 2 heterocycles. The molecule has 0 bridgehead atoms. The van der Waals surface area contributed by atoms with Gasteiger partial charge in [0, 0.05) is 29.6 Å². The highest BCUT2D eigenvalue weighted by molar-refractivity contribution is 7.90. The number of ether oxygens (including phenoxy) is 1. The Kier molecular flexibility index (Phi) is 5.76. The fraction of sp³-hybridized carbons (Fsp3) is 0.304. The zero-order chi connectivity index (χ0) is 24.1. The van der Waals surface area contributed by atoms with Gasteiger partial charge in [-0.3, -0.25) is 4.79 Å². The molecule has 1 amide bonds. The maximum absolute atomic E-state index is 13.8. The van der Waals surface area contributed by atoms with E-state index in [1.54, 1.807) is 41.3 Å². The second-order valence-electron chi connectivity index (χ2n) is 8.42. The number of benzene rings is 2. The van der Waals surface area contributed by atoms with Crippen molar-refractivity contribution < 1.29 is 27.9 Å². The van der Waals surface area contributed by atoms with Gasteiger partial charge in [-0.1, -0.05) is 11.6 Å². The van der Waals surface area contributed by atoms with E-state index in [1.165, 1.54) is 26.8 Å². The van der Waals surface area contributed by atoms with Crippen LogP contribution in [0.3, 0.4) is 0 Å². The van der Waals surface area contributed by atoms with Gasteiger partial charge in [-0.2, -0.15) is 0 Å². The summed E-state index contributed by atoms with van der Waals surface area (Å²) in [6.45, 7) is 4.53. The molecule has 0 radical (unpaired) electrons. The first-order valence-corrected chi connectivity index (χ1v) is 12.1. The van der Waals surface area contributed by atoms with Crippen LogP contribution in [0.1, 0.15) is 32.0 Å². The Labute approximate surface area is 196 Å². The molecule has 0 unspecified atom stereocenters.